The van der Waals surface area contributed by atoms with Crippen molar-refractivity contribution in [1.29, 1.82) is 0 Å². The number of hydrogen-bond donors (Lipinski definition) is 1. The van der Waals surface area contributed by atoms with E-state index in [1.807, 2.05) is 0 Å². The SMILES string of the molecule is COCCCNC(=O)CN(c1cccc(C(F)(F)F)c1)S(C)(=O)=O. The highest BCUT2D eigenvalue weighted by Gasteiger charge is 2.31. The topological polar surface area (TPSA) is 75.7 Å². The second-order valence-corrected chi connectivity index (χ2v) is 6.92. The first-order valence-corrected chi connectivity index (χ1v) is 8.81. The van der Waals surface area contributed by atoms with Crippen LogP contribution in [0.5, 0.6) is 0 Å². The predicted octanol–water partition coefficient (Wildman–Crippen LogP) is 1.62. The molecule has 0 aliphatic heterocycles. The summed E-state index contributed by atoms with van der Waals surface area (Å²) < 4.78 is 67.5. The number of methoxy groups -OCH3 is 1. The van der Waals surface area contributed by atoms with E-state index in [0.717, 1.165) is 18.4 Å². The van der Waals surface area contributed by atoms with E-state index in [-0.39, 0.29) is 12.2 Å². The summed E-state index contributed by atoms with van der Waals surface area (Å²) in [6, 6.07) is 3.81. The van der Waals surface area contributed by atoms with Gasteiger partial charge in [0, 0.05) is 20.3 Å². The number of sulfonamides is 1. The molecule has 0 aliphatic carbocycles. The van der Waals surface area contributed by atoms with Crippen molar-refractivity contribution >= 4 is 21.6 Å². The van der Waals surface area contributed by atoms with Crippen LogP contribution >= 0.6 is 0 Å². The van der Waals surface area contributed by atoms with Crippen molar-refractivity contribution in [3.63, 3.8) is 0 Å². The van der Waals surface area contributed by atoms with Crippen molar-refractivity contribution in [2.75, 3.05) is 37.4 Å². The number of ether oxygens (including phenoxy) is 1. The van der Waals surface area contributed by atoms with E-state index >= 15 is 0 Å². The third-order valence-electron chi connectivity index (χ3n) is 3.00. The van der Waals surface area contributed by atoms with Crippen LogP contribution in [0.25, 0.3) is 0 Å². The van der Waals surface area contributed by atoms with Crippen LogP contribution in [0.15, 0.2) is 24.3 Å². The molecule has 1 aromatic carbocycles. The van der Waals surface area contributed by atoms with Gasteiger partial charge in [-0.15, -0.1) is 0 Å². The normalized spacial score (nSPS) is 12.0. The number of hydrogen-bond acceptors (Lipinski definition) is 4. The molecule has 1 aromatic rings. The maximum atomic E-state index is 12.8. The number of nitrogens with one attached hydrogen (secondary N) is 1. The van der Waals surface area contributed by atoms with Gasteiger partial charge < -0.3 is 10.1 Å². The van der Waals surface area contributed by atoms with Crippen molar-refractivity contribution in [1.82, 2.24) is 5.32 Å². The monoisotopic (exact) mass is 368 g/mol. The van der Waals surface area contributed by atoms with Crippen LogP contribution in [0, 0.1) is 0 Å². The lowest BCUT2D eigenvalue weighted by Gasteiger charge is -2.22. The van der Waals surface area contributed by atoms with Crippen molar-refractivity contribution in [3.05, 3.63) is 29.8 Å². The fourth-order valence-electron chi connectivity index (χ4n) is 1.87. The summed E-state index contributed by atoms with van der Waals surface area (Å²) in [5.41, 5.74) is -1.21. The summed E-state index contributed by atoms with van der Waals surface area (Å²) in [5, 5.41) is 2.49. The number of alkyl halides is 3. The Kier molecular flexibility index (Phi) is 7.03. The number of carbonyl (C=O) groups is 1. The Hall–Kier alpha value is -1.81. The van der Waals surface area contributed by atoms with E-state index in [9.17, 15) is 26.4 Å². The van der Waals surface area contributed by atoms with Crippen LogP contribution in [-0.4, -0.2) is 47.4 Å². The van der Waals surface area contributed by atoms with Crippen LogP contribution in [-0.2, 0) is 25.7 Å². The third-order valence-corrected chi connectivity index (χ3v) is 4.14. The highest BCUT2D eigenvalue weighted by molar-refractivity contribution is 7.92. The minimum atomic E-state index is -4.61. The summed E-state index contributed by atoms with van der Waals surface area (Å²) in [6.07, 6.45) is -3.25. The minimum absolute atomic E-state index is 0.223. The minimum Gasteiger partial charge on any atom is -0.385 e. The highest BCUT2D eigenvalue weighted by Crippen LogP contribution is 2.32. The Labute approximate surface area is 138 Å². The Morgan fingerprint density at radius 2 is 2.00 bits per heavy atom. The number of rotatable bonds is 8. The predicted molar refractivity (Wildman–Crippen MR) is 83.1 cm³/mol. The van der Waals surface area contributed by atoms with Gasteiger partial charge in [-0.05, 0) is 24.6 Å². The molecule has 0 unspecified atom stereocenters. The summed E-state index contributed by atoms with van der Waals surface area (Å²) in [5.74, 6) is -0.617. The second kappa shape index (κ2) is 8.34. The molecule has 0 atom stereocenters. The van der Waals surface area contributed by atoms with Crippen LogP contribution in [0.3, 0.4) is 0 Å². The van der Waals surface area contributed by atoms with Gasteiger partial charge in [0.1, 0.15) is 6.54 Å². The first kappa shape index (κ1) is 20.2. The summed E-state index contributed by atoms with van der Waals surface area (Å²) in [4.78, 5) is 11.8. The van der Waals surface area contributed by atoms with Gasteiger partial charge in [0.15, 0.2) is 0 Å². The van der Waals surface area contributed by atoms with Crippen molar-refractivity contribution in [2.45, 2.75) is 12.6 Å². The van der Waals surface area contributed by atoms with Gasteiger partial charge in [-0.2, -0.15) is 13.2 Å². The number of nitrogens with zero attached hydrogens (tertiary/aromatic N) is 1. The van der Waals surface area contributed by atoms with E-state index in [0.29, 0.717) is 23.4 Å². The molecule has 0 aromatic heterocycles. The summed E-state index contributed by atoms with van der Waals surface area (Å²) in [6.45, 7) is 0.0870. The zero-order chi connectivity index (χ0) is 18.4. The lowest BCUT2D eigenvalue weighted by Crippen LogP contribution is -2.40. The van der Waals surface area contributed by atoms with E-state index in [4.69, 9.17) is 4.74 Å². The molecule has 10 heteroatoms. The molecule has 1 amide bonds. The van der Waals surface area contributed by atoms with Crippen LogP contribution in [0.2, 0.25) is 0 Å². The molecule has 1 N–H and O–H groups in total. The van der Waals surface area contributed by atoms with Gasteiger partial charge in [-0.1, -0.05) is 6.07 Å². The molecule has 0 saturated heterocycles. The lowest BCUT2D eigenvalue weighted by molar-refractivity contribution is -0.137. The van der Waals surface area contributed by atoms with Crippen molar-refractivity contribution in [2.24, 2.45) is 0 Å². The zero-order valence-corrected chi connectivity index (χ0v) is 14.1. The average Bonchev–Trinajstić information content (AvgIpc) is 2.47. The molecule has 0 heterocycles. The Bertz CT molecular complexity index is 662. The molecule has 24 heavy (non-hydrogen) atoms. The molecule has 6 nitrogen and oxygen atoms in total. The van der Waals surface area contributed by atoms with E-state index in [2.05, 4.69) is 5.32 Å². The number of benzene rings is 1. The highest BCUT2D eigenvalue weighted by atomic mass is 32.2. The Balaban J connectivity index is 2.93. The molecule has 1 rings (SSSR count). The van der Waals surface area contributed by atoms with Gasteiger partial charge in [-0.3, -0.25) is 9.10 Å². The summed E-state index contributed by atoms with van der Waals surface area (Å²) >= 11 is 0. The number of amides is 1. The molecule has 136 valence electrons. The van der Waals surface area contributed by atoms with E-state index in [1.54, 1.807) is 0 Å². The molecule has 0 radical (unpaired) electrons. The smallest absolute Gasteiger partial charge is 0.385 e. The molecule has 0 spiro atoms. The first-order valence-electron chi connectivity index (χ1n) is 6.96. The molecule has 0 bridgehead atoms. The van der Waals surface area contributed by atoms with E-state index in [1.165, 1.54) is 13.2 Å². The first-order chi connectivity index (χ1) is 11.1. The quantitative estimate of drug-likeness (QED) is 0.708. The molecule has 0 fully saturated rings. The molecule has 0 aliphatic rings. The third kappa shape index (κ3) is 6.36. The average molecular weight is 368 g/mol. The lowest BCUT2D eigenvalue weighted by atomic mass is 10.2. The second-order valence-electron chi connectivity index (χ2n) is 5.01. The standard InChI is InChI=1S/C14H19F3N2O4S/c1-23-8-4-7-18-13(20)10-19(24(2,21)22)12-6-3-5-11(9-12)14(15,16)17/h3,5-6,9H,4,7-8,10H2,1-2H3,(H,18,20). The van der Waals surface area contributed by atoms with Crippen molar-refractivity contribution < 1.29 is 31.1 Å². The largest absolute Gasteiger partial charge is 0.416 e. The van der Waals surface area contributed by atoms with Crippen molar-refractivity contribution in [3.8, 4) is 0 Å². The Morgan fingerprint density at radius 3 is 2.54 bits per heavy atom. The molecular formula is C14H19F3N2O4S. The van der Waals surface area contributed by atoms with E-state index < -0.39 is 34.2 Å². The van der Waals surface area contributed by atoms with Gasteiger partial charge in [0.2, 0.25) is 15.9 Å². The maximum absolute atomic E-state index is 12.8. The van der Waals surface area contributed by atoms with Crippen LogP contribution in [0.4, 0.5) is 18.9 Å². The van der Waals surface area contributed by atoms with Gasteiger partial charge in [0.25, 0.3) is 0 Å². The molecular weight excluding hydrogens is 349 g/mol. The maximum Gasteiger partial charge on any atom is 0.416 e. The number of carbonyl (C=O) groups excluding carboxylic acids is 1. The zero-order valence-electron chi connectivity index (χ0n) is 13.3. The molecule has 0 saturated carbocycles. The van der Waals surface area contributed by atoms with Gasteiger partial charge >= 0.3 is 6.18 Å². The van der Waals surface area contributed by atoms with Crippen LogP contribution in [0.1, 0.15) is 12.0 Å². The fraction of sp³-hybridized carbons (Fsp3) is 0.500. The fourth-order valence-corrected chi connectivity index (χ4v) is 2.72. The Morgan fingerprint density at radius 1 is 1.33 bits per heavy atom. The number of anilines is 1. The number of halogens is 3. The summed E-state index contributed by atoms with van der Waals surface area (Å²) in [7, 11) is -2.43. The van der Waals surface area contributed by atoms with Crippen LogP contribution < -0.4 is 9.62 Å². The van der Waals surface area contributed by atoms with Gasteiger partial charge in [-0.25, -0.2) is 8.42 Å². The van der Waals surface area contributed by atoms with Gasteiger partial charge in [0.05, 0.1) is 17.5 Å².